The van der Waals surface area contributed by atoms with Crippen molar-refractivity contribution in [2.24, 2.45) is 0 Å². The molecule has 4 heterocycles. The van der Waals surface area contributed by atoms with Crippen LogP contribution in [0.2, 0.25) is 0 Å². The fourth-order valence-electron chi connectivity index (χ4n) is 2.95. The van der Waals surface area contributed by atoms with Crippen molar-refractivity contribution in [2.75, 3.05) is 12.8 Å². The number of fused-ring (bicyclic) bond motifs is 2. The number of rotatable bonds is 4. The molecule has 31 heavy (non-hydrogen) atoms. The van der Waals surface area contributed by atoms with Crippen molar-refractivity contribution in [3.63, 3.8) is 0 Å². The zero-order valence-electron chi connectivity index (χ0n) is 16.0. The van der Waals surface area contributed by atoms with Crippen molar-refractivity contribution >= 4 is 27.2 Å². The minimum absolute atomic E-state index is 0.00425. The summed E-state index contributed by atoms with van der Waals surface area (Å²) >= 11 is 0. The number of amides is 1. The molecule has 0 spiro atoms. The summed E-state index contributed by atoms with van der Waals surface area (Å²) in [6.45, 7) is 1.41. The third-order valence-electron chi connectivity index (χ3n) is 4.49. The standard InChI is InChI=1S/C17H14F3N7O3S/c1-3-31(29,30)15-12(13-22-6-4-10(14(28)21-2)27(13)25-15)9-5-7-26-8-11(17(18,19)20)24-16(26)23-9/h4-8H,3H2,1-2H3,(H,21,28). The molecule has 0 aliphatic rings. The number of halogens is 3. The highest BCUT2D eigenvalue weighted by Gasteiger charge is 2.34. The van der Waals surface area contributed by atoms with Crippen molar-refractivity contribution < 1.29 is 26.4 Å². The first-order chi connectivity index (χ1) is 14.6. The van der Waals surface area contributed by atoms with E-state index in [0.29, 0.717) is 0 Å². The van der Waals surface area contributed by atoms with Crippen LogP contribution in [0.4, 0.5) is 13.2 Å². The van der Waals surface area contributed by atoms with Gasteiger partial charge in [0, 0.05) is 25.6 Å². The van der Waals surface area contributed by atoms with Gasteiger partial charge in [-0.3, -0.25) is 9.20 Å². The molecular weight excluding hydrogens is 439 g/mol. The number of carbonyl (C=O) groups is 1. The van der Waals surface area contributed by atoms with Crippen molar-refractivity contribution in [1.29, 1.82) is 0 Å². The molecule has 0 unspecified atom stereocenters. The fraction of sp³-hybridized carbons (Fsp3) is 0.235. The molecule has 0 aliphatic heterocycles. The van der Waals surface area contributed by atoms with E-state index in [4.69, 9.17) is 0 Å². The van der Waals surface area contributed by atoms with Gasteiger partial charge in [-0.25, -0.2) is 27.9 Å². The van der Waals surface area contributed by atoms with Gasteiger partial charge in [0.2, 0.25) is 5.78 Å². The van der Waals surface area contributed by atoms with E-state index in [9.17, 15) is 26.4 Å². The molecule has 0 bridgehead atoms. The van der Waals surface area contributed by atoms with Gasteiger partial charge in [-0.05, 0) is 12.1 Å². The molecule has 1 N–H and O–H groups in total. The lowest BCUT2D eigenvalue weighted by atomic mass is 10.2. The topological polar surface area (TPSA) is 124 Å². The molecule has 0 aliphatic carbocycles. The Kier molecular flexibility index (Phi) is 4.68. The van der Waals surface area contributed by atoms with Gasteiger partial charge in [0.05, 0.1) is 17.0 Å². The SMILES string of the molecule is CCS(=O)(=O)c1nn2c(C(=O)NC)ccnc2c1-c1ccn2cc(C(F)(F)F)nc2n1. The number of nitrogens with one attached hydrogen (secondary N) is 1. The summed E-state index contributed by atoms with van der Waals surface area (Å²) in [6.07, 6.45) is -1.33. The molecule has 162 valence electrons. The molecule has 4 rings (SSSR count). The van der Waals surface area contributed by atoms with E-state index >= 15 is 0 Å². The van der Waals surface area contributed by atoms with Crippen molar-refractivity contribution in [3.8, 4) is 11.3 Å². The van der Waals surface area contributed by atoms with Crippen LogP contribution in [0, 0.1) is 0 Å². The van der Waals surface area contributed by atoms with Crippen molar-refractivity contribution in [3.05, 3.63) is 42.1 Å². The average Bonchev–Trinajstić information content (AvgIpc) is 3.34. The van der Waals surface area contributed by atoms with Crippen LogP contribution >= 0.6 is 0 Å². The Morgan fingerprint density at radius 3 is 2.61 bits per heavy atom. The number of hydrogen-bond donors (Lipinski definition) is 1. The molecule has 0 saturated heterocycles. The Bertz CT molecular complexity index is 1440. The molecule has 4 aromatic rings. The van der Waals surface area contributed by atoms with Gasteiger partial charge in [0.1, 0.15) is 5.69 Å². The van der Waals surface area contributed by atoms with E-state index < -0.39 is 32.6 Å². The fourth-order valence-corrected chi connectivity index (χ4v) is 3.94. The van der Waals surface area contributed by atoms with Crippen molar-refractivity contribution in [2.45, 2.75) is 18.1 Å². The van der Waals surface area contributed by atoms with Crippen LogP contribution in [0.1, 0.15) is 23.1 Å². The number of carbonyl (C=O) groups excluding carboxylic acids is 1. The Hall–Kier alpha value is -3.55. The second-order valence-electron chi connectivity index (χ2n) is 6.37. The highest BCUT2D eigenvalue weighted by molar-refractivity contribution is 7.91. The lowest BCUT2D eigenvalue weighted by Gasteiger charge is -2.04. The molecule has 10 nitrogen and oxygen atoms in total. The summed E-state index contributed by atoms with van der Waals surface area (Å²) in [5.74, 6) is -1.12. The molecule has 0 fully saturated rings. The van der Waals surface area contributed by atoms with Crippen LogP contribution in [0.15, 0.2) is 35.7 Å². The number of nitrogens with zero attached hydrogens (tertiary/aromatic N) is 6. The van der Waals surface area contributed by atoms with E-state index in [1.807, 2.05) is 0 Å². The highest BCUT2D eigenvalue weighted by Crippen LogP contribution is 2.32. The van der Waals surface area contributed by atoms with Gasteiger partial charge in [-0.2, -0.15) is 18.3 Å². The molecule has 0 saturated carbocycles. The number of aromatic nitrogens is 6. The maximum absolute atomic E-state index is 13.0. The zero-order chi connectivity index (χ0) is 22.6. The Labute approximate surface area is 172 Å². The lowest BCUT2D eigenvalue weighted by Crippen LogP contribution is -2.21. The quantitative estimate of drug-likeness (QED) is 0.498. The van der Waals surface area contributed by atoms with Crippen LogP contribution in [-0.4, -0.2) is 56.1 Å². The number of alkyl halides is 3. The molecule has 4 aromatic heterocycles. The van der Waals surface area contributed by atoms with E-state index in [2.05, 4.69) is 25.4 Å². The molecule has 14 heteroatoms. The third-order valence-corrected chi connectivity index (χ3v) is 6.13. The molecule has 1 amide bonds. The summed E-state index contributed by atoms with van der Waals surface area (Å²) in [6, 6.07) is 2.68. The predicted molar refractivity (Wildman–Crippen MR) is 101 cm³/mol. The summed E-state index contributed by atoms with van der Waals surface area (Å²) in [5.41, 5.74) is -1.15. The summed E-state index contributed by atoms with van der Waals surface area (Å²) in [4.78, 5) is 23.9. The molecule has 0 atom stereocenters. The third kappa shape index (κ3) is 3.37. The average molecular weight is 453 g/mol. The van der Waals surface area contributed by atoms with E-state index in [1.54, 1.807) is 0 Å². The summed E-state index contributed by atoms with van der Waals surface area (Å²) < 4.78 is 66.5. The number of sulfone groups is 1. The van der Waals surface area contributed by atoms with Gasteiger partial charge >= 0.3 is 6.18 Å². The van der Waals surface area contributed by atoms with Gasteiger partial charge < -0.3 is 5.32 Å². The maximum Gasteiger partial charge on any atom is 0.434 e. The monoisotopic (exact) mass is 453 g/mol. The summed E-state index contributed by atoms with van der Waals surface area (Å²) in [7, 11) is -2.51. The van der Waals surface area contributed by atoms with Gasteiger partial charge in [-0.15, -0.1) is 0 Å². The van der Waals surface area contributed by atoms with Crippen LogP contribution in [-0.2, 0) is 16.0 Å². The molecule has 0 aromatic carbocycles. The Morgan fingerprint density at radius 2 is 1.97 bits per heavy atom. The first-order valence-corrected chi connectivity index (χ1v) is 10.5. The second-order valence-corrected chi connectivity index (χ2v) is 8.57. The van der Waals surface area contributed by atoms with Crippen molar-refractivity contribution in [1.82, 2.24) is 34.3 Å². The van der Waals surface area contributed by atoms with Gasteiger partial charge in [-0.1, -0.05) is 6.92 Å². The summed E-state index contributed by atoms with van der Waals surface area (Å²) in [5, 5.41) is 6.12. The molecular formula is C17H14F3N7O3S. The van der Waals surface area contributed by atoms with E-state index in [1.165, 1.54) is 38.5 Å². The first-order valence-electron chi connectivity index (χ1n) is 8.82. The lowest BCUT2D eigenvalue weighted by molar-refractivity contribution is -0.140. The zero-order valence-corrected chi connectivity index (χ0v) is 16.9. The Morgan fingerprint density at radius 1 is 1.23 bits per heavy atom. The number of hydrogen-bond acceptors (Lipinski definition) is 7. The molecule has 0 radical (unpaired) electrons. The first kappa shape index (κ1) is 20.7. The maximum atomic E-state index is 13.0. The second kappa shape index (κ2) is 7.01. The van der Waals surface area contributed by atoms with Gasteiger partial charge in [0.25, 0.3) is 5.91 Å². The smallest absolute Gasteiger partial charge is 0.354 e. The van der Waals surface area contributed by atoms with Crippen LogP contribution in [0.3, 0.4) is 0 Å². The Balaban J connectivity index is 2.04. The van der Waals surface area contributed by atoms with E-state index in [0.717, 1.165) is 15.1 Å². The minimum Gasteiger partial charge on any atom is -0.354 e. The van der Waals surface area contributed by atoms with E-state index in [-0.39, 0.29) is 34.1 Å². The normalized spacial score (nSPS) is 12.5. The van der Waals surface area contributed by atoms with Gasteiger partial charge in [0.15, 0.2) is 26.2 Å². The predicted octanol–water partition coefficient (Wildman–Crippen LogP) is 1.61. The van der Waals surface area contributed by atoms with Crippen LogP contribution < -0.4 is 5.32 Å². The number of imidazole rings is 1. The largest absolute Gasteiger partial charge is 0.434 e. The van der Waals surface area contributed by atoms with Crippen LogP contribution in [0.25, 0.3) is 22.7 Å². The highest BCUT2D eigenvalue weighted by atomic mass is 32.2. The van der Waals surface area contributed by atoms with Crippen LogP contribution in [0.5, 0.6) is 0 Å². The minimum atomic E-state index is -4.67.